The van der Waals surface area contributed by atoms with Gasteiger partial charge in [-0.1, -0.05) is 42.5 Å². The van der Waals surface area contributed by atoms with Crippen molar-refractivity contribution in [3.8, 4) is 0 Å². The van der Waals surface area contributed by atoms with Crippen molar-refractivity contribution >= 4 is 11.8 Å². The molecule has 0 saturated carbocycles. The molecule has 0 spiro atoms. The number of halogens is 8. The lowest BCUT2D eigenvalue weighted by Gasteiger charge is -2.35. The van der Waals surface area contributed by atoms with Crippen LogP contribution in [0.3, 0.4) is 0 Å². The zero-order chi connectivity index (χ0) is 27.3. The maximum Gasteiger partial charge on any atom is 0.461 e. The predicted octanol–water partition coefficient (Wildman–Crippen LogP) is 3.26. The van der Waals surface area contributed by atoms with Crippen molar-refractivity contribution in [3.05, 3.63) is 70.8 Å². The van der Waals surface area contributed by atoms with Crippen LogP contribution in [0.25, 0.3) is 0 Å². The highest BCUT2D eigenvalue weighted by Gasteiger charge is 2.62. The molecule has 7 nitrogen and oxygen atoms in total. The zero-order valence-corrected chi connectivity index (χ0v) is 18.2. The highest BCUT2D eigenvalue weighted by molar-refractivity contribution is 5.97. The van der Waals surface area contributed by atoms with Crippen molar-refractivity contribution in [1.29, 1.82) is 0 Å². The van der Waals surface area contributed by atoms with Crippen LogP contribution in [0.5, 0.6) is 0 Å². The van der Waals surface area contributed by atoms with Crippen LogP contribution >= 0.6 is 0 Å². The Morgan fingerprint density at radius 1 is 1.06 bits per heavy atom. The lowest BCUT2D eigenvalue weighted by atomic mass is 9.66. The SMILES string of the molecule is Cc1cc(Cn2nc(C(F)(F)C(F)(F)F)nc2C(F)(F)F)ccc1C1(C(N)=O)C=CC=CC1C(N)=O. The quantitative estimate of drug-likeness (QED) is 0.566. The molecule has 2 amide bonds. The van der Waals surface area contributed by atoms with Crippen molar-refractivity contribution < 1.29 is 44.7 Å². The van der Waals surface area contributed by atoms with E-state index in [1.54, 1.807) is 0 Å². The number of carbonyl (C=O) groups is 2. The van der Waals surface area contributed by atoms with E-state index in [0.717, 1.165) is 0 Å². The monoisotopic (exact) mass is 523 g/mol. The normalized spacial score (nSPS) is 20.5. The molecule has 1 aromatic heterocycles. The second kappa shape index (κ2) is 8.71. The van der Waals surface area contributed by atoms with Gasteiger partial charge in [0.1, 0.15) is 5.41 Å². The minimum absolute atomic E-state index is 0.0147. The van der Waals surface area contributed by atoms with Crippen molar-refractivity contribution in [1.82, 2.24) is 14.8 Å². The fraction of sp³-hybridized carbons (Fsp3) is 0.333. The first kappa shape index (κ1) is 26.8. The molecule has 194 valence electrons. The molecule has 1 heterocycles. The average molecular weight is 523 g/mol. The number of nitrogens with two attached hydrogens (primary N) is 2. The molecule has 0 radical (unpaired) electrons. The van der Waals surface area contributed by atoms with Crippen molar-refractivity contribution in [2.24, 2.45) is 17.4 Å². The van der Waals surface area contributed by atoms with Gasteiger partial charge in [-0.3, -0.25) is 9.59 Å². The number of nitrogens with zero attached hydrogens (tertiary/aromatic N) is 3. The third kappa shape index (κ3) is 4.44. The van der Waals surface area contributed by atoms with Crippen LogP contribution < -0.4 is 11.5 Å². The molecular formula is C21H17F8N5O2. The molecule has 0 bridgehead atoms. The fourth-order valence-corrected chi connectivity index (χ4v) is 3.97. The highest BCUT2D eigenvalue weighted by atomic mass is 19.4. The van der Waals surface area contributed by atoms with E-state index in [1.807, 2.05) is 0 Å². The molecule has 2 aromatic rings. The summed E-state index contributed by atoms with van der Waals surface area (Å²) in [7, 11) is 0. The van der Waals surface area contributed by atoms with Crippen LogP contribution in [-0.4, -0.2) is 32.8 Å². The molecular weight excluding hydrogens is 506 g/mol. The van der Waals surface area contributed by atoms with E-state index in [9.17, 15) is 44.7 Å². The molecule has 3 rings (SSSR count). The second-order valence-electron chi connectivity index (χ2n) is 7.99. The maximum absolute atomic E-state index is 13.6. The summed E-state index contributed by atoms with van der Waals surface area (Å²) in [5.74, 6) is -13.2. The van der Waals surface area contributed by atoms with Crippen LogP contribution in [0.2, 0.25) is 0 Å². The molecule has 36 heavy (non-hydrogen) atoms. The lowest BCUT2D eigenvalue weighted by Crippen LogP contribution is -2.51. The number of amides is 2. The summed E-state index contributed by atoms with van der Waals surface area (Å²) in [4.78, 5) is 26.9. The Morgan fingerprint density at radius 3 is 2.19 bits per heavy atom. The number of benzene rings is 1. The lowest BCUT2D eigenvalue weighted by molar-refractivity contribution is -0.292. The molecule has 1 aliphatic rings. The molecule has 0 saturated heterocycles. The Labute approximate surface area is 197 Å². The van der Waals surface area contributed by atoms with Gasteiger partial charge in [0.25, 0.3) is 0 Å². The van der Waals surface area contributed by atoms with Gasteiger partial charge >= 0.3 is 18.3 Å². The smallest absolute Gasteiger partial charge is 0.369 e. The molecule has 0 aliphatic heterocycles. The topological polar surface area (TPSA) is 117 Å². The molecule has 2 atom stereocenters. The van der Waals surface area contributed by atoms with E-state index in [-0.39, 0.29) is 21.4 Å². The molecule has 1 aliphatic carbocycles. The summed E-state index contributed by atoms with van der Waals surface area (Å²) in [5.41, 5.74) is 9.71. The van der Waals surface area contributed by atoms with Gasteiger partial charge in [-0.2, -0.15) is 35.1 Å². The number of allylic oxidation sites excluding steroid dienone is 2. The Kier molecular flexibility index (Phi) is 6.49. The first-order chi connectivity index (χ1) is 16.4. The number of hydrogen-bond acceptors (Lipinski definition) is 4. The Hall–Kier alpha value is -3.78. The van der Waals surface area contributed by atoms with E-state index < -0.39 is 59.6 Å². The Morgan fingerprint density at radius 2 is 1.69 bits per heavy atom. The fourth-order valence-electron chi connectivity index (χ4n) is 3.97. The van der Waals surface area contributed by atoms with Crippen molar-refractivity contribution in [2.45, 2.75) is 37.2 Å². The number of aryl methyl sites for hydroxylation is 1. The van der Waals surface area contributed by atoms with Gasteiger partial charge in [-0.15, -0.1) is 5.10 Å². The first-order valence-corrected chi connectivity index (χ1v) is 9.95. The van der Waals surface area contributed by atoms with E-state index in [4.69, 9.17) is 11.5 Å². The van der Waals surface area contributed by atoms with Crippen LogP contribution in [0.1, 0.15) is 28.3 Å². The molecule has 0 fully saturated rings. The minimum atomic E-state index is -6.22. The Balaban J connectivity index is 2.08. The zero-order valence-electron chi connectivity index (χ0n) is 18.2. The standard InChI is InChI=1S/C21H17F8N5O2/c1-10-8-11(5-6-12(10)18(15(31)36)7-3-2-4-13(18)14(30)35)9-34-17(20(24,25)26)32-16(33-34)19(22,23)21(27,28)29/h2-8,13H,9H2,1H3,(H2,30,35)(H2,31,36). The summed E-state index contributed by atoms with van der Waals surface area (Å²) >= 11 is 0. The van der Waals surface area contributed by atoms with Gasteiger partial charge in [-0.25, -0.2) is 9.67 Å². The van der Waals surface area contributed by atoms with Crippen molar-refractivity contribution in [3.63, 3.8) is 0 Å². The van der Waals surface area contributed by atoms with Crippen LogP contribution in [0.4, 0.5) is 35.1 Å². The van der Waals surface area contributed by atoms with Gasteiger partial charge in [0, 0.05) is 0 Å². The molecule has 2 unspecified atom stereocenters. The summed E-state index contributed by atoms with van der Waals surface area (Å²) in [6, 6.07) is 3.69. The van der Waals surface area contributed by atoms with E-state index >= 15 is 0 Å². The van der Waals surface area contributed by atoms with Gasteiger partial charge < -0.3 is 11.5 Å². The van der Waals surface area contributed by atoms with Gasteiger partial charge in [0.2, 0.25) is 23.5 Å². The number of alkyl halides is 8. The van der Waals surface area contributed by atoms with Gasteiger partial charge in [0.05, 0.1) is 12.5 Å². The van der Waals surface area contributed by atoms with E-state index in [2.05, 4.69) is 10.1 Å². The predicted molar refractivity (Wildman–Crippen MR) is 107 cm³/mol. The summed E-state index contributed by atoms with van der Waals surface area (Å²) < 4.78 is 105. The number of aromatic nitrogens is 3. The van der Waals surface area contributed by atoms with E-state index in [0.29, 0.717) is 0 Å². The number of carbonyl (C=O) groups excluding carboxylic acids is 2. The van der Waals surface area contributed by atoms with Gasteiger partial charge in [0.15, 0.2) is 0 Å². The first-order valence-electron chi connectivity index (χ1n) is 9.95. The van der Waals surface area contributed by atoms with Crippen LogP contribution in [-0.2, 0) is 33.6 Å². The highest BCUT2D eigenvalue weighted by Crippen LogP contribution is 2.44. The number of primary amides is 2. The summed E-state index contributed by atoms with van der Waals surface area (Å²) in [6.07, 6.45) is -6.00. The molecule has 1 aromatic carbocycles. The van der Waals surface area contributed by atoms with Crippen LogP contribution in [0.15, 0.2) is 42.5 Å². The average Bonchev–Trinajstić information content (AvgIpc) is 3.18. The maximum atomic E-state index is 13.6. The summed E-state index contributed by atoms with van der Waals surface area (Å²) in [6.45, 7) is 0.540. The third-order valence-electron chi connectivity index (χ3n) is 5.61. The Bertz CT molecular complexity index is 1260. The third-order valence-corrected chi connectivity index (χ3v) is 5.61. The molecule has 4 N–H and O–H groups in total. The van der Waals surface area contributed by atoms with E-state index in [1.165, 1.54) is 49.4 Å². The number of rotatable bonds is 6. The van der Waals surface area contributed by atoms with Gasteiger partial charge in [-0.05, 0) is 23.6 Å². The largest absolute Gasteiger partial charge is 0.461 e. The van der Waals surface area contributed by atoms with Crippen molar-refractivity contribution in [2.75, 3.05) is 0 Å². The van der Waals surface area contributed by atoms with Crippen LogP contribution in [0, 0.1) is 12.8 Å². The molecule has 15 heteroatoms. The number of hydrogen-bond donors (Lipinski definition) is 2. The second-order valence-corrected chi connectivity index (χ2v) is 7.99. The minimum Gasteiger partial charge on any atom is -0.369 e. The summed E-state index contributed by atoms with van der Waals surface area (Å²) in [5, 5.41) is 2.79.